The maximum absolute atomic E-state index is 9.74. The summed E-state index contributed by atoms with van der Waals surface area (Å²) in [4.78, 5) is 0. The molecular weight excluding hydrogens is 322 g/mol. The number of aromatic hydroxyl groups is 2. The van der Waals surface area contributed by atoms with Crippen LogP contribution in [0.4, 0.5) is 0 Å². The number of hydrazone groups is 1. The number of rotatable bonds is 3. The van der Waals surface area contributed by atoms with Gasteiger partial charge in [-0.1, -0.05) is 13.8 Å². The van der Waals surface area contributed by atoms with Crippen LogP contribution in [-0.4, -0.2) is 27.1 Å². The van der Waals surface area contributed by atoms with Crippen molar-refractivity contribution in [1.82, 2.24) is 10.7 Å². The summed E-state index contributed by atoms with van der Waals surface area (Å²) < 4.78 is 0. The summed E-state index contributed by atoms with van der Waals surface area (Å²) in [5.74, 6) is 1.38. The number of hydrogen-bond donors (Lipinski definition) is 4. The van der Waals surface area contributed by atoms with E-state index in [1.807, 2.05) is 0 Å². The highest BCUT2D eigenvalue weighted by Crippen LogP contribution is 2.61. The Morgan fingerprint density at radius 3 is 2.58 bits per heavy atom. The molecule has 0 heterocycles. The predicted octanol–water partition coefficient (Wildman–Crippen LogP) is 3.11. The summed E-state index contributed by atoms with van der Waals surface area (Å²) in [6.45, 7) is 6.91. The molecule has 1 aromatic rings. The van der Waals surface area contributed by atoms with E-state index in [-0.39, 0.29) is 22.5 Å². The van der Waals surface area contributed by atoms with Crippen LogP contribution < -0.4 is 10.7 Å². The molecule has 2 saturated carbocycles. The molecule has 0 amide bonds. The second-order valence-electron chi connectivity index (χ2n) is 7.70. The molecule has 2 aliphatic carbocycles. The fourth-order valence-electron chi connectivity index (χ4n) is 4.44. The number of nitrogens with one attached hydrogen (secondary N) is 2. The molecular formula is C18H25N3O2S. The molecule has 0 saturated heterocycles. The Kier molecular flexibility index (Phi) is 4.20. The van der Waals surface area contributed by atoms with Crippen molar-refractivity contribution in [3.63, 3.8) is 0 Å². The van der Waals surface area contributed by atoms with E-state index in [1.165, 1.54) is 37.6 Å². The largest absolute Gasteiger partial charge is 0.508 e. The quantitative estimate of drug-likeness (QED) is 0.384. The van der Waals surface area contributed by atoms with Crippen LogP contribution in [0.15, 0.2) is 23.3 Å². The molecule has 6 heteroatoms. The molecule has 2 fully saturated rings. The Labute approximate surface area is 148 Å². The number of nitrogens with zero attached hydrogens (tertiary/aromatic N) is 1. The highest BCUT2D eigenvalue weighted by molar-refractivity contribution is 7.80. The topological polar surface area (TPSA) is 76.9 Å². The van der Waals surface area contributed by atoms with Gasteiger partial charge in [-0.25, -0.2) is 0 Å². The van der Waals surface area contributed by atoms with Crippen molar-refractivity contribution in [3.05, 3.63) is 23.8 Å². The molecule has 1 aromatic carbocycles. The molecule has 0 aliphatic heterocycles. The third-order valence-corrected chi connectivity index (χ3v) is 6.56. The van der Waals surface area contributed by atoms with E-state index in [0.717, 1.165) is 5.92 Å². The van der Waals surface area contributed by atoms with Gasteiger partial charge in [-0.05, 0) is 67.8 Å². The second kappa shape index (κ2) is 5.92. The Morgan fingerprint density at radius 1 is 1.25 bits per heavy atom. The molecule has 2 unspecified atom stereocenters. The average Bonchev–Trinajstić information content (AvgIpc) is 3.05. The van der Waals surface area contributed by atoms with Gasteiger partial charge in [0, 0.05) is 17.2 Å². The van der Waals surface area contributed by atoms with Crippen molar-refractivity contribution < 1.29 is 10.2 Å². The van der Waals surface area contributed by atoms with Gasteiger partial charge in [0.25, 0.3) is 0 Å². The summed E-state index contributed by atoms with van der Waals surface area (Å²) in [6.07, 6.45) is 5.32. The zero-order valence-corrected chi connectivity index (χ0v) is 15.2. The van der Waals surface area contributed by atoms with E-state index in [0.29, 0.717) is 16.6 Å². The molecule has 3 rings (SSSR count). The third kappa shape index (κ3) is 2.73. The lowest BCUT2D eigenvalue weighted by Crippen LogP contribution is -2.60. The zero-order valence-electron chi connectivity index (χ0n) is 14.3. The molecule has 5 nitrogen and oxygen atoms in total. The molecule has 2 aliphatic rings. The van der Waals surface area contributed by atoms with Crippen LogP contribution in [-0.2, 0) is 0 Å². The van der Waals surface area contributed by atoms with Gasteiger partial charge in [0.1, 0.15) is 11.5 Å². The number of phenolic OH excluding ortho intramolecular Hbond substituents is 2. The van der Waals surface area contributed by atoms with Crippen LogP contribution in [0.25, 0.3) is 0 Å². The van der Waals surface area contributed by atoms with E-state index in [4.69, 9.17) is 12.2 Å². The second-order valence-corrected chi connectivity index (χ2v) is 8.11. The minimum absolute atomic E-state index is 0.0150. The SMILES string of the molecule is CC1(C)C2CCC(C2)[C@]1(C)NC(=S)NN=Cc1ccc(O)cc1O. The number of thiocarbonyl (C=S) groups is 1. The van der Waals surface area contributed by atoms with Crippen LogP contribution in [0.2, 0.25) is 0 Å². The minimum Gasteiger partial charge on any atom is -0.508 e. The summed E-state index contributed by atoms with van der Waals surface area (Å²) in [6, 6.07) is 4.36. The Morgan fingerprint density at radius 2 is 1.96 bits per heavy atom. The molecule has 0 aromatic heterocycles. The Balaban J connectivity index is 1.63. The van der Waals surface area contributed by atoms with E-state index >= 15 is 0 Å². The first-order chi connectivity index (χ1) is 11.2. The van der Waals surface area contributed by atoms with Crippen molar-refractivity contribution in [2.45, 2.75) is 45.6 Å². The van der Waals surface area contributed by atoms with Crippen LogP contribution >= 0.6 is 12.2 Å². The normalized spacial score (nSPS) is 30.6. The number of fused-ring (bicyclic) bond motifs is 2. The fourth-order valence-corrected chi connectivity index (χ4v) is 4.70. The van der Waals surface area contributed by atoms with E-state index < -0.39 is 0 Å². The first-order valence-electron chi connectivity index (χ1n) is 8.37. The Bertz CT molecular complexity index is 689. The van der Waals surface area contributed by atoms with Gasteiger partial charge in [0.15, 0.2) is 5.11 Å². The van der Waals surface area contributed by atoms with Crippen molar-refractivity contribution in [2.75, 3.05) is 0 Å². The van der Waals surface area contributed by atoms with Crippen LogP contribution in [0.3, 0.4) is 0 Å². The van der Waals surface area contributed by atoms with Gasteiger partial charge in [0.2, 0.25) is 0 Å². The Hall–Kier alpha value is -1.82. The molecule has 0 spiro atoms. The first kappa shape index (κ1) is 17.0. The smallest absolute Gasteiger partial charge is 0.187 e. The summed E-state index contributed by atoms with van der Waals surface area (Å²) in [7, 11) is 0. The van der Waals surface area contributed by atoms with Gasteiger partial charge in [-0.2, -0.15) is 5.10 Å². The van der Waals surface area contributed by atoms with Crippen LogP contribution in [0.1, 0.15) is 45.6 Å². The lowest BCUT2D eigenvalue weighted by Gasteiger charge is -2.48. The fraction of sp³-hybridized carbons (Fsp3) is 0.556. The zero-order chi connectivity index (χ0) is 17.5. The van der Waals surface area contributed by atoms with Gasteiger partial charge in [-0.3, -0.25) is 5.43 Å². The highest BCUT2D eigenvalue weighted by Gasteiger charge is 2.60. The molecule has 2 bridgehead atoms. The number of hydrogen-bond acceptors (Lipinski definition) is 4. The van der Waals surface area contributed by atoms with Crippen molar-refractivity contribution in [3.8, 4) is 11.5 Å². The molecule has 24 heavy (non-hydrogen) atoms. The van der Waals surface area contributed by atoms with Crippen molar-refractivity contribution >= 4 is 23.5 Å². The number of phenols is 2. The average molecular weight is 347 g/mol. The van der Waals surface area contributed by atoms with E-state index in [2.05, 4.69) is 36.6 Å². The maximum Gasteiger partial charge on any atom is 0.187 e. The monoisotopic (exact) mass is 347 g/mol. The minimum atomic E-state index is -0.0316. The lowest BCUT2D eigenvalue weighted by molar-refractivity contribution is 0.0833. The van der Waals surface area contributed by atoms with Crippen LogP contribution in [0.5, 0.6) is 11.5 Å². The summed E-state index contributed by atoms with van der Waals surface area (Å²) >= 11 is 5.41. The van der Waals surface area contributed by atoms with Gasteiger partial charge >= 0.3 is 0 Å². The van der Waals surface area contributed by atoms with Gasteiger partial charge < -0.3 is 15.5 Å². The summed E-state index contributed by atoms with van der Waals surface area (Å²) in [5, 5.41) is 27.1. The van der Waals surface area contributed by atoms with Gasteiger partial charge in [0.05, 0.1) is 6.21 Å². The summed E-state index contributed by atoms with van der Waals surface area (Å²) in [5.41, 5.74) is 3.51. The maximum atomic E-state index is 9.74. The number of benzene rings is 1. The van der Waals surface area contributed by atoms with Gasteiger partial charge in [-0.15, -0.1) is 0 Å². The standard InChI is InChI=1S/C18H25N3O2S/c1-17(2)12-5-6-13(8-12)18(17,3)20-16(24)21-19-10-11-4-7-14(22)9-15(11)23/h4,7,9-10,12-13,22-23H,5-6,8H2,1-3H3,(H2,20,21,24)/t12?,13?,18-/m0/s1. The van der Waals surface area contributed by atoms with E-state index in [9.17, 15) is 10.2 Å². The predicted molar refractivity (Wildman–Crippen MR) is 99.3 cm³/mol. The van der Waals surface area contributed by atoms with Crippen molar-refractivity contribution in [1.29, 1.82) is 0 Å². The first-order valence-corrected chi connectivity index (χ1v) is 8.78. The molecule has 4 N–H and O–H groups in total. The highest BCUT2D eigenvalue weighted by atomic mass is 32.1. The molecule has 3 atom stereocenters. The van der Waals surface area contributed by atoms with E-state index in [1.54, 1.807) is 6.07 Å². The lowest BCUT2D eigenvalue weighted by atomic mass is 9.64. The molecule has 0 radical (unpaired) electrons. The van der Waals surface area contributed by atoms with Crippen molar-refractivity contribution in [2.24, 2.45) is 22.4 Å². The molecule has 130 valence electrons. The van der Waals surface area contributed by atoms with Crippen LogP contribution in [0, 0.1) is 17.3 Å². The third-order valence-electron chi connectivity index (χ3n) is 6.37.